The lowest BCUT2D eigenvalue weighted by molar-refractivity contribution is -0.148. The van der Waals surface area contributed by atoms with Gasteiger partial charge in [0.05, 0.1) is 0 Å². The number of aryl methyl sites for hydroxylation is 2. The number of aromatic nitrogens is 3. The first-order valence-corrected chi connectivity index (χ1v) is 8.95. The van der Waals surface area contributed by atoms with E-state index in [0.717, 1.165) is 12.8 Å². The maximum Gasteiger partial charge on any atom is 0.326 e. The first kappa shape index (κ1) is 18.3. The number of aliphatic carboxylic acids is 1. The molecule has 0 aromatic carbocycles. The number of nitrogens with zero attached hydrogens (tertiary/aromatic N) is 4. The van der Waals surface area contributed by atoms with E-state index in [9.17, 15) is 19.5 Å². The Morgan fingerprint density at radius 2 is 2.00 bits per heavy atom. The van der Waals surface area contributed by atoms with Gasteiger partial charge >= 0.3 is 5.97 Å². The highest BCUT2D eigenvalue weighted by molar-refractivity contribution is 5.84. The molecule has 0 saturated carbocycles. The Morgan fingerprint density at radius 3 is 2.54 bits per heavy atom. The molecule has 2 fully saturated rings. The summed E-state index contributed by atoms with van der Waals surface area (Å²) in [4.78, 5) is 43.4. The fourth-order valence-electron chi connectivity index (χ4n) is 4.06. The molecule has 0 aliphatic carbocycles. The van der Waals surface area contributed by atoms with Gasteiger partial charge in [-0.1, -0.05) is 0 Å². The summed E-state index contributed by atoms with van der Waals surface area (Å²) >= 11 is 0. The number of H-pyrrole nitrogens is 1. The maximum absolute atomic E-state index is 12.7. The molecule has 9 nitrogen and oxygen atoms in total. The van der Waals surface area contributed by atoms with Gasteiger partial charge in [0.1, 0.15) is 11.9 Å². The molecule has 1 aromatic heterocycles. The minimum atomic E-state index is -0.960. The van der Waals surface area contributed by atoms with Crippen LogP contribution >= 0.6 is 0 Å². The molecule has 2 amide bonds. The van der Waals surface area contributed by atoms with Crippen molar-refractivity contribution in [3.63, 3.8) is 0 Å². The third kappa shape index (κ3) is 3.71. The van der Waals surface area contributed by atoms with Crippen LogP contribution in [-0.4, -0.2) is 73.5 Å². The summed E-state index contributed by atoms with van der Waals surface area (Å²) in [6.45, 7) is 5.03. The second kappa shape index (κ2) is 7.05. The molecule has 1 spiro atoms. The highest BCUT2D eigenvalue weighted by atomic mass is 16.4. The normalized spacial score (nSPS) is 22.0. The van der Waals surface area contributed by atoms with Crippen molar-refractivity contribution >= 4 is 17.8 Å². The van der Waals surface area contributed by atoms with Crippen LogP contribution in [0.2, 0.25) is 0 Å². The van der Waals surface area contributed by atoms with Crippen LogP contribution in [0.1, 0.15) is 44.3 Å². The van der Waals surface area contributed by atoms with Gasteiger partial charge in [-0.15, -0.1) is 0 Å². The molecule has 142 valence electrons. The Kier molecular flexibility index (Phi) is 4.97. The minimum absolute atomic E-state index is 0.0439. The van der Waals surface area contributed by atoms with Gasteiger partial charge in [-0.3, -0.25) is 14.7 Å². The van der Waals surface area contributed by atoms with Crippen LogP contribution in [0.5, 0.6) is 0 Å². The average molecular weight is 363 g/mol. The number of amides is 2. The van der Waals surface area contributed by atoms with E-state index in [-0.39, 0.29) is 23.7 Å². The molecule has 0 radical (unpaired) electrons. The van der Waals surface area contributed by atoms with Crippen molar-refractivity contribution in [2.24, 2.45) is 5.41 Å². The van der Waals surface area contributed by atoms with E-state index >= 15 is 0 Å². The molecule has 1 unspecified atom stereocenters. The Morgan fingerprint density at radius 1 is 1.31 bits per heavy atom. The zero-order valence-corrected chi connectivity index (χ0v) is 15.2. The summed E-state index contributed by atoms with van der Waals surface area (Å²) in [6, 6.07) is -0.791. The summed E-state index contributed by atoms with van der Waals surface area (Å²) in [7, 11) is 0. The standard InChI is InChI=1S/C17H25N5O4/c1-11-18-14(20-19-11)3-4-15(24)22-10-17(9-13(22)16(25)26)5-7-21(8-6-17)12(2)23/h13H,3-10H2,1-2H3,(H,25,26)(H,18,19,20). The third-order valence-corrected chi connectivity index (χ3v) is 5.59. The lowest BCUT2D eigenvalue weighted by Crippen LogP contribution is -2.44. The van der Waals surface area contributed by atoms with Gasteiger partial charge in [0.2, 0.25) is 11.8 Å². The van der Waals surface area contributed by atoms with E-state index in [2.05, 4.69) is 15.2 Å². The van der Waals surface area contributed by atoms with Crippen LogP contribution in [0.25, 0.3) is 0 Å². The molecule has 3 heterocycles. The molecule has 2 aliphatic heterocycles. The molecule has 0 bridgehead atoms. The molecule has 1 atom stereocenters. The smallest absolute Gasteiger partial charge is 0.326 e. The van der Waals surface area contributed by atoms with E-state index in [1.807, 2.05) is 0 Å². The number of hydrogen-bond acceptors (Lipinski definition) is 5. The van der Waals surface area contributed by atoms with Crippen molar-refractivity contribution in [1.82, 2.24) is 25.0 Å². The van der Waals surface area contributed by atoms with E-state index in [1.165, 1.54) is 4.90 Å². The highest BCUT2D eigenvalue weighted by Gasteiger charge is 2.49. The zero-order chi connectivity index (χ0) is 18.9. The van der Waals surface area contributed by atoms with Gasteiger partial charge in [0, 0.05) is 39.4 Å². The van der Waals surface area contributed by atoms with Crippen molar-refractivity contribution in [3.05, 3.63) is 11.6 Å². The lowest BCUT2D eigenvalue weighted by atomic mass is 9.76. The van der Waals surface area contributed by atoms with E-state index < -0.39 is 12.0 Å². The van der Waals surface area contributed by atoms with Gasteiger partial charge in [-0.25, -0.2) is 9.78 Å². The number of carboxylic acids is 1. The topological polar surface area (TPSA) is 119 Å². The van der Waals surface area contributed by atoms with Crippen LogP contribution < -0.4 is 0 Å². The summed E-state index contributed by atoms with van der Waals surface area (Å²) in [5, 5.41) is 16.3. The van der Waals surface area contributed by atoms with E-state index in [1.54, 1.807) is 18.7 Å². The molecule has 2 saturated heterocycles. The lowest BCUT2D eigenvalue weighted by Gasteiger charge is -2.38. The number of carbonyl (C=O) groups is 3. The number of carboxylic acid groups (broad SMARTS) is 1. The number of likely N-dealkylation sites (tertiary alicyclic amines) is 2. The number of nitrogens with one attached hydrogen (secondary N) is 1. The van der Waals surface area contributed by atoms with Gasteiger partial charge in [-0.05, 0) is 31.6 Å². The quantitative estimate of drug-likeness (QED) is 0.797. The van der Waals surface area contributed by atoms with Crippen molar-refractivity contribution in [1.29, 1.82) is 0 Å². The number of carbonyl (C=O) groups excluding carboxylic acids is 2. The number of hydrogen-bond donors (Lipinski definition) is 2. The van der Waals surface area contributed by atoms with Crippen LogP contribution in [0.3, 0.4) is 0 Å². The van der Waals surface area contributed by atoms with Gasteiger partial charge in [0.15, 0.2) is 5.82 Å². The van der Waals surface area contributed by atoms with E-state index in [0.29, 0.717) is 44.1 Å². The third-order valence-electron chi connectivity index (χ3n) is 5.59. The first-order valence-electron chi connectivity index (χ1n) is 8.95. The molecule has 3 rings (SSSR count). The Bertz CT molecular complexity index is 708. The van der Waals surface area contributed by atoms with Gasteiger partial charge in [0.25, 0.3) is 0 Å². The first-order chi connectivity index (χ1) is 12.3. The second-order valence-corrected chi connectivity index (χ2v) is 7.42. The summed E-state index contributed by atoms with van der Waals surface area (Å²) in [6.07, 6.45) is 2.51. The predicted molar refractivity (Wildman–Crippen MR) is 91.1 cm³/mol. The Labute approximate surface area is 151 Å². The summed E-state index contributed by atoms with van der Waals surface area (Å²) in [5.74, 6) is 0.158. The monoisotopic (exact) mass is 363 g/mol. The fraction of sp³-hybridized carbons (Fsp3) is 0.706. The molecule has 2 aliphatic rings. The molecule has 9 heteroatoms. The Balaban J connectivity index is 1.65. The molecular formula is C17H25N5O4. The van der Waals surface area contributed by atoms with Crippen LogP contribution in [-0.2, 0) is 20.8 Å². The average Bonchev–Trinajstić information content (AvgIpc) is 3.17. The molecular weight excluding hydrogens is 338 g/mol. The van der Waals surface area contributed by atoms with Gasteiger partial charge < -0.3 is 14.9 Å². The molecule has 26 heavy (non-hydrogen) atoms. The minimum Gasteiger partial charge on any atom is -0.480 e. The Hall–Kier alpha value is -2.45. The van der Waals surface area contributed by atoms with Crippen molar-refractivity contribution in [3.8, 4) is 0 Å². The SMILES string of the molecule is CC(=O)N1CCC2(CC1)CC(C(=O)O)N(C(=O)CCc1n[nH]c(C)n1)C2. The van der Waals surface area contributed by atoms with Crippen molar-refractivity contribution in [2.75, 3.05) is 19.6 Å². The van der Waals surface area contributed by atoms with Gasteiger partial charge in [-0.2, -0.15) is 5.10 Å². The second-order valence-electron chi connectivity index (χ2n) is 7.42. The van der Waals surface area contributed by atoms with Crippen molar-refractivity contribution < 1.29 is 19.5 Å². The molecule has 1 aromatic rings. The maximum atomic E-state index is 12.7. The summed E-state index contributed by atoms with van der Waals surface area (Å²) in [5.41, 5.74) is -0.203. The highest BCUT2D eigenvalue weighted by Crippen LogP contribution is 2.43. The zero-order valence-electron chi connectivity index (χ0n) is 15.2. The van der Waals surface area contributed by atoms with Crippen LogP contribution in [0.4, 0.5) is 0 Å². The number of piperidine rings is 1. The summed E-state index contributed by atoms with van der Waals surface area (Å²) < 4.78 is 0. The largest absolute Gasteiger partial charge is 0.480 e. The van der Waals surface area contributed by atoms with Crippen molar-refractivity contribution in [2.45, 2.75) is 52.0 Å². The van der Waals surface area contributed by atoms with Crippen LogP contribution in [0.15, 0.2) is 0 Å². The molecule has 2 N–H and O–H groups in total. The fourth-order valence-corrected chi connectivity index (χ4v) is 4.06. The van der Waals surface area contributed by atoms with Crippen LogP contribution in [0, 0.1) is 12.3 Å². The predicted octanol–water partition coefficient (Wildman–Crippen LogP) is 0.360. The van der Waals surface area contributed by atoms with E-state index in [4.69, 9.17) is 0 Å². The number of rotatable bonds is 4. The number of aromatic amines is 1.